The van der Waals surface area contributed by atoms with Gasteiger partial charge in [-0.1, -0.05) is 12.1 Å². The fourth-order valence-corrected chi connectivity index (χ4v) is 4.81. The third-order valence-electron chi connectivity index (χ3n) is 4.38. The lowest BCUT2D eigenvalue weighted by atomic mass is 10.2. The zero-order chi connectivity index (χ0) is 19.1. The van der Waals surface area contributed by atoms with Crippen LogP contribution in [0.25, 0.3) is 26.0 Å². The van der Waals surface area contributed by atoms with Gasteiger partial charge in [0.05, 0.1) is 28.5 Å². The van der Waals surface area contributed by atoms with E-state index in [1.807, 2.05) is 44.2 Å². The molecule has 0 saturated heterocycles. The van der Waals surface area contributed by atoms with Crippen LogP contribution in [0.2, 0.25) is 0 Å². The maximum atomic E-state index is 12.8. The molecule has 0 aliphatic carbocycles. The molecule has 3 aromatic heterocycles. The number of thiazole rings is 1. The Morgan fingerprint density at radius 2 is 2.07 bits per heavy atom. The molecule has 0 unspecified atom stereocenters. The Morgan fingerprint density at radius 3 is 2.81 bits per heavy atom. The number of allylic oxidation sites excluding steroid dienone is 2. The first kappa shape index (κ1) is 17.4. The van der Waals surface area contributed by atoms with Crippen LogP contribution in [0.3, 0.4) is 0 Å². The second-order valence-electron chi connectivity index (χ2n) is 6.06. The van der Waals surface area contributed by atoms with E-state index in [1.54, 1.807) is 0 Å². The number of rotatable bonds is 3. The highest BCUT2D eigenvalue weighted by molar-refractivity contribution is 7.19. The van der Waals surface area contributed by atoms with E-state index in [1.165, 1.54) is 33.6 Å². The van der Waals surface area contributed by atoms with Gasteiger partial charge in [-0.15, -0.1) is 22.7 Å². The normalized spacial score (nSPS) is 12.3. The number of aryl methyl sites for hydroxylation is 2. The number of fused-ring (bicyclic) bond motifs is 2. The molecule has 27 heavy (non-hydrogen) atoms. The number of aliphatic hydroxyl groups is 1. The van der Waals surface area contributed by atoms with E-state index in [4.69, 9.17) is 0 Å². The van der Waals surface area contributed by atoms with Gasteiger partial charge in [-0.25, -0.2) is 9.97 Å². The molecule has 3 heterocycles. The highest BCUT2D eigenvalue weighted by Crippen LogP contribution is 2.29. The molecule has 0 amide bonds. The maximum Gasteiger partial charge on any atom is 0.262 e. The summed E-state index contributed by atoms with van der Waals surface area (Å²) in [5.41, 5.74) is 1.51. The van der Waals surface area contributed by atoms with Crippen molar-refractivity contribution in [1.29, 1.82) is 5.26 Å². The topological polar surface area (TPSA) is 91.8 Å². The summed E-state index contributed by atoms with van der Waals surface area (Å²) < 4.78 is 2.25. The van der Waals surface area contributed by atoms with Gasteiger partial charge in [-0.3, -0.25) is 9.36 Å². The van der Waals surface area contributed by atoms with Gasteiger partial charge in [0, 0.05) is 4.88 Å². The average molecular weight is 394 g/mol. The molecule has 0 atom stereocenters. The molecule has 0 spiro atoms. The standard InChI is InChI=1S/C19H14N4O2S2/c1-10-11(2)26-18-16(10)19(25)23(9-21-18)8-14(24)12(7-20)17-22-13-5-3-4-6-15(13)27-17/h3-6,9,24H,8H2,1-2H3/b14-12-. The molecule has 0 saturated carbocycles. The summed E-state index contributed by atoms with van der Waals surface area (Å²) in [5.74, 6) is -0.204. The van der Waals surface area contributed by atoms with Crippen molar-refractivity contribution in [2.24, 2.45) is 0 Å². The fourth-order valence-electron chi connectivity index (χ4n) is 2.84. The quantitative estimate of drug-likeness (QED) is 0.416. The van der Waals surface area contributed by atoms with E-state index in [-0.39, 0.29) is 23.4 Å². The van der Waals surface area contributed by atoms with Gasteiger partial charge in [-0.2, -0.15) is 5.26 Å². The van der Waals surface area contributed by atoms with Gasteiger partial charge in [-0.05, 0) is 31.5 Å². The highest BCUT2D eigenvalue weighted by atomic mass is 32.1. The van der Waals surface area contributed by atoms with Crippen LogP contribution in [0.15, 0.2) is 41.1 Å². The minimum Gasteiger partial charge on any atom is -0.509 e. The Kier molecular flexibility index (Phi) is 4.26. The molecule has 0 radical (unpaired) electrons. The monoisotopic (exact) mass is 394 g/mol. The number of aromatic nitrogens is 3. The summed E-state index contributed by atoms with van der Waals surface area (Å²) in [6.45, 7) is 3.71. The lowest BCUT2D eigenvalue weighted by molar-refractivity contribution is 0.376. The molecule has 134 valence electrons. The number of para-hydroxylation sites is 1. The van der Waals surface area contributed by atoms with E-state index in [0.29, 0.717) is 15.2 Å². The van der Waals surface area contributed by atoms with Gasteiger partial charge in [0.25, 0.3) is 5.56 Å². The molecule has 0 bridgehead atoms. The van der Waals surface area contributed by atoms with E-state index >= 15 is 0 Å². The molecule has 0 fully saturated rings. The van der Waals surface area contributed by atoms with Gasteiger partial charge < -0.3 is 5.11 Å². The molecule has 0 aliphatic heterocycles. The lowest BCUT2D eigenvalue weighted by Gasteiger charge is -2.06. The zero-order valence-corrected chi connectivity index (χ0v) is 16.2. The first-order chi connectivity index (χ1) is 13.0. The molecule has 8 heteroatoms. The lowest BCUT2D eigenvalue weighted by Crippen LogP contribution is -2.21. The van der Waals surface area contributed by atoms with Crippen molar-refractivity contribution in [3.8, 4) is 6.07 Å². The van der Waals surface area contributed by atoms with Gasteiger partial charge >= 0.3 is 0 Å². The molecular formula is C19H14N4O2S2. The number of hydrogen-bond donors (Lipinski definition) is 1. The summed E-state index contributed by atoms with van der Waals surface area (Å²) >= 11 is 2.80. The van der Waals surface area contributed by atoms with E-state index in [2.05, 4.69) is 9.97 Å². The number of benzene rings is 1. The van der Waals surface area contributed by atoms with E-state index < -0.39 is 0 Å². The summed E-state index contributed by atoms with van der Waals surface area (Å²) in [5, 5.41) is 21.1. The summed E-state index contributed by atoms with van der Waals surface area (Å²) in [7, 11) is 0. The van der Waals surface area contributed by atoms with Crippen molar-refractivity contribution in [3.63, 3.8) is 0 Å². The van der Waals surface area contributed by atoms with Crippen molar-refractivity contribution < 1.29 is 5.11 Å². The number of nitriles is 1. The fraction of sp³-hybridized carbons (Fsp3) is 0.158. The number of aliphatic hydroxyl groups excluding tert-OH is 1. The summed E-state index contributed by atoms with van der Waals surface area (Å²) in [6, 6.07) is 9.54. The van der Waals surface area contributed by atoms with Gasteiger partial charge in [0.15, 0.2) is 0 Å². The van der Waals surface area contributed by atoms with Crippen LogP contribution < -0.4 is 5.56 Å². The predicted molar refractivity (Wildman–Crippen MR) is 108 cm³/mol. The Hall–Kier alpha value is -3.02. The minimum atomic E-state index is -0.227. The smallest absolute Gasteiger partial charge is 0.262 e. The molecule has 4 aromatic rings. The first-order valence-corrected chi connectivity index (χ1v) is 9.76. The highest BCUT2D eigenvalue weighted by Gasteiger charge is 2.17. The second kappa shape index (κ2) is 6.61. The van der Waals surface area contributed by atoms with Gasteiger partial charge in [0.2, 0.25) is 0 Å². The molecule has 6 nitrogen and oxygen atoms in total. The molecular weight excluding hydrogens is 380 g/mol. The second-order valence-corrected chi connectivity index (χ2v) is 8.30. The molecule has 0 aliphatic rings. The Balaban J connectivity index is 1.79. The van der Waals surface area contributed by atoms with Crippen molar-refractivity contribution in [1.82, 2.24) is 14.5 Å². The van der Waals surface area contributed by atoms with Crippen LogP contribution >= 0.6 is 22.7 Å². The summed E-state index contributed by atoms with van der Waals surface area (Å²) in [4.78, 5) is 23.2. The van der Waals surface area contributed by atoms with Crippen molar-refractivity contribution in [2.75, 3.05) is 0 Å². The molecule has 4 rings (SSSR count). The number of thiophene rings is 1. The van der Waals surface area contributed by atoms with Crippen LogP contribution in [0, 0.1) is 25.2 Å². The van der Waals surface area contributed by atoms with E-state index in [9.17, 15) is 15.2 Å². The van der Waals surface area contributed by atoms with Crippen molar-refractivity contribution in [3.05, 3.63) is 62.2 Å². The van der Waals surface area contributed by atoms with Crippen molar-refractivity contribution in [2.45, 2.75) is 20.4 Å². The van der Waals surface area contributed by atoms with Gasteiger partial charge in [0.1, 0.15) is 27.2 Å². The Labute approximate surface area is 162 Å². The third-order valence-corrected chi connectivity index (χ3v) is 6.55. The van der Waals surface area contributed by atoms with Crippen molar-refractivity contribution >= 4 is 48.7 Å². The number of hydrogen-bond acceptors (Lipinski definition) is 7. The zero-order valence-electron chi connectivity index (χ0n) is 14.6. The van der Waals surface area contributed by atoms with Crippen LogP contribution in [-0.4, -0.2) is 19.6 Å². The largest absolute Gasteiger partial charge is 0.509 e. The number of nitrogens with zero attached hydrogens (tertiary/aromatic N) is 4. The Morgan fingerprint density at radius 1 is 1.30 bits per heavy atom. The predicted octanol–water partition coefficient (Wildman–Crippen LogP) is 4.18. The maximum absolute atomic E-state index is 12.8. The third kappa shape index (κ3) is 2.91. The van der Waals surface area contributed by atoms with Crippen LogP contribution in [-0.2, 0) is 6.54 Å². The Bertz CT molecular complexity index is 1290. The van der Waals surface area contributed by atoms with Crippen LogP contribution in [0.1, 0.15) is 15.4 Å². The summed E-state index contributed by atoms with van der Waals surface area (Å²) in [6.07, 6.45) is 1.41. The molecule has 1 N–H and O–H groups in total. The molecule has 1 aromatic carbocycles. The van der Waals surface area contributed by atoms with E-state index in [0.717, 1.165) is 20.7 Å². The van der Waals surface area contributed by atoms with Crippen LogP contribution in [0.4, 0.5) is 0 Å². The first-order valence-electron chi connectivity index (χ1n) is 8.13. The SMILES string of the molecule is Cc1sc2ncn(C/C(O)=C(\C#N)c3nc4ccccc4s3)c(=O)c2c1C. The minimum absolute atomic E-state index is 0.0708. The average Bonchev–Trinajstić information content (AvgIpc) is 3.19. The van der Waals surface area contributed by atoms with Crippen LogP contribution in [0.5, 0.6) is 0 Å².